The molecule has 0 fully saturated rings. The number of sulfonamides is 1. The molecule has 5 nitrogen and oxygen atoms in total. The summed E-state index contributed by atoms with van der Waals surface area (Å²) in [4.78, 5) is 12.3. The van der Waals surface area contributed by atoms with Crippen molar-refractivity contribution in [1.82, 2.24) is 5.32 Å². The topological polar surface area (TPSA) is 75.3 Å². The quantitative estimate of drug-likeness (QED) is 0.531. The molecule has 2 N–H and O–H groups in total. The highest BCUT2D eigenvalue weighted by Crippen LogP contribution is 2.18. The van der Waals surface area contributed by atoms with E-state index in [0.29, 0.717) is 30.1 Å². The summed E-state index contributed by atoms with van der Waals surface area (Å²) in [6.07, 6.45) is 0.818. The van der Waals surface area contributed by atoms with Gasteiger partial charge in [-0.3, -0.25) is 9.52 Å². The Morgan fingerprint density at radius 2 is 1.60 bits per heavy atom. The summed E-state index contributed by atoms with van der Waals surface area (Å²) in [5, 5.41) is 3.47. The van der Waals surface area contributed by atoms with Crippen LogP contribution in [0, 0.1) is 6.92 Å². The molecule has 0 saturated carbocycles. The van der Waals surface area contributed by atoms with Crippen LogP contribution in [0.5, 0.6) is 0 Å². The fourth-order valence-corrected chi connectivity index (χ4v) is 4.11. The molecule has 0 heterocycles. The molecule has 0 saturated heterocycles. The van der Waals surface area contributed by atoms with Crippen LogP contribution in [0.3, 0.4) is 0 Å². The third kappa shape index (κ3) is 6.08. The Balaban J connectivity index is 1.53. The highest BCUT2D eigenvalue weighted by Gasteiger charge is 2.14. The molecule has 0 spiro atoms. The van der Waals surface area contributed by atoms with Gasteiger partial charge >= 0.3 is 0 Å². The van der Waals surface area contributed by atoms with E-state index in [1.54, 1.807) is 42.5 Å². The SMILES string of the molecule is Cc1ccc(NS(=O)(=O)c2ccc(CCC(=O)NCc3ccccc3Cl)cc2)cc1. The van der Waals surface area contributed by atoms with Crippen LogP contribution in [0.4, 0.5) is 5.69 Å². The Kier molecular flexibility index (Phi) is 7.13. The van der Waals surface area contributed by atoms with Gasteiger partial charge in [0.1, 0.15) is 0 Å². The van der Waals surface area contributed by atoms with E-state index < -0.39 is 10.0 Å². The number of rotatable bonds is 8. The molecule has 0 aliphatic rings. The summed E-state index contributed by atoms with van der Waals surface area (Å²) in [5.74, 6) is -0.0901. The van der Waals surface area contributed by atoms with Gasteiger partial charge in [-0.15, -0.1) is 0 Å². The molecule has 0 bridgehead atoms. The lowest BCUT2D eigenvalue weighted by Crippen LogP contribution is -2.23. The van der Waals surface area contributed by atoms with E-state index in [0.717, 1.165) is 16.7 Å². The lowest BCUT2D eigenvalue weighted by molar-refractivity contribution is -0.121. The first-order valence-corrected chi connectivity index (χ1v) is 11.4. The fraction of sp³-hybridized carbons (Fsp3) is 0.174. The summed E-state index contributed by atoms with van der Waals surface area (Å²) < 4.78 is 27.6. The van der Waals surface area contributed by atoms with E-state index in [1.165, 1.54) is 0 Å². The van der Waals surface area contributed by atoms with Crippen molar-refractivity contribution in [1.29, 1.82) is 0 Å². The lowest BCUT2D eigenvalue weighted by Gasteiger charge is -2.10. The summed E-state index contributed by atoms with van der Waals surface area (Å²) >= 11 is 6.08. The molecule has 7 heteroatoms. The Bertz CT molecular complexity index is 1110. The zero-order chi connectivity index (χ0) is 21.6. The Labute approximate surface area is 182 Å². The molecule has 0 atom stereocenters. The van der Waals surface area contributed by atoms with Crippen LogP contribution in [0.15, 0.2) is 77.7 Å². The minimum absolute atomic E-state index is 0.0901. The number of nitrogens with one attached hydrogen (secondary N) is 2. The van der Waals surface area contributed by atoms with Gasteiger partial charge in [-0.25, -0.2) is 8.42 Å². The summed E-state index contributed by atoms with van der Waals surface area (Å²) in [6, 6.07) is 21.1. The average molecular weight is 443 g/mol. The maximum Gasteiger partial charge on any atom is 0.261 e. The Morgan fingerprint density at radius 3 is 2.27 bits per heavy atom. The number of benzene rings is 3. The monoisotopic (exact) mass is 442 g/mol. The van der Waals surface area contributed by atoms with Crippen molar-refractivity contribution in [2.24, 2.45) is 0 Å². The van der Waals surface area contributed by atoms with Gasteiger partial charge in [-0.2, -0.15) is 0 Å². The van der Waals surface area contributed by atoms with Gasteiger partial charge in [-0.05, 0) is 54.8 Å². The van der Waals surface area contributed by atoms with Gasteiger partial charge in [0.25, 0.3) is 10.0 Å². The van der Waals surface area contributed by atoms with E-state index in [9.17, 15) is 13.2 Å². The van der Waals surface area contributed by atoms with Crippen molar-refractivity contribution >= 4 is 33.2 Å². The molecule has 30 heavy (non-hydrogen) atoms. The first-order chi connectivity index (χ1) is 14.3. The fourth-order valence-electron chi connectivity index (χ4n) is 2.85. The predicted octanol–water partition coefficient (Wildman–Crippen LogP) is 4.70. The van der Waals surface area contributed by atoms with Crippen molar-refractivity contribution in [2.75, 3.05) is 4.72 Å². The molecule has 0 radical (unpaired) electrons. The number of amides is 1. The second kappa shape index (κ2) is 9.78. The zero-order valence-corrected chi connectivity index (χ0v) is 18.1. The molecule has 1 amide bonds. The number of aryl methyl sites for hydroxylation is 2. The smallest absolute Gasteiger partial charge is 0.261 e. The van der Waals surface area contributed by atoms with Gasteiger partial charge in [0.15, 0.2) is 0 Å². The second-order valence-corrected chi connectivity index (χ2v) is 9.07. The standard InChI is InChI=1S/C23H23ClN2O3S/c1-17-6-11-20(12-7-17)26-30(28,29)21-13-8-18(9-14-21)10-15-23(27)25-16-19-4-2-3-5-22(19)24/h2-9,11-14,26H,10,15-16H2,1H3,(H,25,27). The van der Waals surface area contributed by atoms with Crippen molar-refractivity contribution in [3.63, 3.8) is 0 Å². The minimum Gasteiger partial charge on any atom is -0.352 e. The van der Waals surface area contributed by atoms with E-state index in [2.05, 4.69) is 10.0 Å². The number of hydrogen-bond acceptors (Lipinski definition) is 3. The summed E-state index contributed by atoms with van der Waals surface area (Å²) in [5.41, 5.74) is 3.32. The van der Waals surface area contributed by atoms with Crippen LogP contribution in [-0.2, 0) is 27.8 Å². The normalized spacial score (nSPS) is 11.1. The molecule has 0 unspecified atom stereocenters. The van der Waals surface area contributed by atoms with E-state index >= 15 is 0 Å². The number of carbonyl (C=O) groups is 1. The number of carbonyl (C=O) groups excluding carboxylic acids is 1. The summed E-state index contributed by atoms with van der Waals surface area (Å²) in [7, 11) is -3.66. The lowest BCUT2D eigenvalue weighted by atomic mass is 10.1. The first kappa shape index (κ1) is 21.9. The van der Waals surface area contributed by atoms with Crippen LogP contribution in [0.2, 0.25) is 5.02 Å². The second-order valence-electron chi connectivity index (χ2n) is 6.98. The van der Waals surface area contributed by atoms with Gasteiger partial charge in [-0.1, -0.05) is 59.6 Å². The molecule has 0 aromatic heterocycles. The Morgan fingerprint density at radius 1 is 0.933 bits per heavy atom. The molecular formula is C23H23ClN2O3S. The van der Waals surface area contributed by atoms with Crippen LogP contribution < -0.4 is 10.0 Å². The number of anilines is 1. The van der Waals surface area contributed by atoms with E-state index in [4.69, 9.17) is 11.6 Å². The molecular weight excluding hydrogens is 420 g/mol. The van der Waals surface area contributed by atoms with Crippen LogP contribution in [-0.4, -0.2) is 14.3 Å². The number of halogens is 1. The maximum absolute atomic E-state index is 12.5. The zero-order valence-electron chi connectivity index (χ0n) is 16.6. The predicted molar refractivity (Wildman–Crippen MR) is 120 cm³/mol. The van der Waals surface area contributed by atoms with Crippen LogP contribution in [0.25, 0.3) is 0 Å². The molecule has 3 aromatic rings. The van der Waals surface area contributed by atoms with E-state index in [-0.39, 0.29) is 10.8 Å². The Hall–Kier alpha value is -2.83. The molecule has 0 aliphatic carbocycles. The van der Waals surface area contributed by atoms with Crippen molar-refractivity contribution in [3.05, 3.63) is 94.5 Å². The average Bonchev–Trinajstić information content (AvgIpc) is 2.73. The molecule has 3 rings (SSSR count). The van der Waals surface area contributed by atoms with E-state index in [1.807, 2.05) is 37.3 Å². The van der Waals surface area contributed by atoms with Crippen molar-refractivity contribution < 1.29 is 13.2 Å². The third-order valence-corrected chi connectivity index (χ3v) is 6.38. The van der Waals surface area contributed by atoms with Crippen molar-refractivity contribution in [2.45, 2.75) is 31.2 Å². The van der Waals surface area contributed by atoms with Gasteiger partial charge in [0, 0.05) is 23.7 Å². The highest BCUT2D eigenvalue weighted by molar-refractivity contribution is 7.92. The summed E-state index contributed by atoms with van der Waals surface area (Å²) in [6.45, 7) is 2.31. The first-order valence-electron chi connectivity index (χ1n) is 9.52. The maximum atomic E-state index is 12.5. The third-order valence-electron chi connectivity index (χ3n) is 4.61. The van der Waals surface area contributed by atoms with Gasteiger partial charge in [0.2, 0.25) is 5.91 Å². The van der Waals surface area contributed by atoms with Crippen molar-refractivity contribution in [3.8, 4) is 0 Å². The van der Waals surface area contributed by atoms with Crippen LogP contribution in [0.1, 0.15) is 23.1 Å². The molecule has 3 aromatic carbocycles. The molecule has 156 valence electrons. The highest BCUT2D eigenvalue weighted by atomic mass is 35.5. The molecule has 0 aliphatic heterocycles. The largest absolute Gasteiger partial charge is 0.352 e. The number of hydrogen-bond donors (Lipinski definition) is 2. The van der Waals surface area contributed by atoms with Crippen LogP contribution >= 0.6 is 11.6 Å². The van der Waals surface area contributed by atoms with Gasteiger partial charge < -0.3 is 5.32 Å². The minimum atomic E-state index is -3.66. The van der Waals surface area contributed by atoms with Gasteiger partial charge in [0.05, 0.1) is 4.90 Å².